The fourth-order valence-electron chi connectivity index (χ4n) is 3.40. The minimum Gasteiger partial charge on any atom is -0.355 e. The Bertz CT molecular complexity index is 605. The molecule has 0 radical (unpaired) electrons. The minimum atomic E-state index is -3.41. The van der Waals surface area contributed by atoms with Crippen LogP contribution < -0.4 is 5.32 Å². The van der Waals surface area contributed by atoms with E-state index in [0.717, 1.165) is 0 Å². The molecule has 1 unspecified atom stereocenters. The molecule has 2 aliphatic heterocycles. The largest absolute Gasteiger partial charge is 0.355 e. The van der Waals surface area contributed by atoms with Crippen LogP contribution in [0.25, 0.3) is 0 Å². The highest BCUT2D eigenvalue weighted by Gasteiger charge is 2.46. The fraction of sp³-hybridized carbons (Fsp3) is 0.867. The second-order valence-corrected chi connectivity index (χ2v) is 9.57. The van der Waals surface area contributed by atoms with Crippen LogP contribution in [0.5, 0.6) is 0 Å². The Labute approximate surface area is 144 Å². The molecule has 2 saturated heterocycles. The van der Waals surface area contributed by atoms with E-state index < -0.39 is 15.4 Å². The zero-order valence-electron chi connectivity index (χ0n) is 14.9. The Morgan fingerprint density at radius 1 is 1.29 bits per heavy atom. The number of urea groups is 1. The van der Waals surface area contributed by atoms with Crippen LogP contribution in [0.1, 0.15) is 20.3 Å². The molecule has 1 atom stereocenters. The molecule has 1 N–H and O–H groups in total. The van der Waals surface area contributed by atoms with E-state index in [1.54, 1.807) is 19.0 Å². The number of carbonyl (C=O) groups is 2. The number of sulfonamides is 1. The van der Waals surface area contributed by atoms with Crippen LogP contribution >= 0.6 is 0 Å². The van der Waals surface area contributed by atoms with Crippen molar-refractivity contribution in [1.29, 1.82) is 0 Å². The Kier molecular flexibility index (Phi) is 5.44. The van der Waals surface area contributed by atoms with Gasteiger partial charge in [-0.15, -0.1) is 0 Å². The molecular weight excluding hydrogens is 332 g/mol. The van der Waals surface area contributed by atoms with Gasteiger partial charge in [0.2, 0.25) is 15.9 Å². The molecule has 2 aliphatic rings. The van der Waals surface area contributed by atoms with Crippen molar-refractivity contribution in [2.75, 3.05) is 52.6 Å². The number of rotatable bonds is 3. The van der Waals surface area contributed by atoms with Gasteiger partial charge < -0.3 is 15.1 Å². The Morgan fingerprint density at radius 2 is 1.96 bits per heavy atom. The first-order chi connectivity index (χ1) is 11.0. The first-order valence-electron chi connectivity index (χ1n) is 8.25. The molecule has 0 aliphatic carbocycles. The number of amides is 3. The van der Waals surface area contributed by atoms with Crippen molar-refractivity contribution in [1.82, 2.24) is 19.4 Å². The molecule has 8 nitrogen and oxygen atoms in total. The highest BCUT2D eigenvalue weighted by Crippen LogP contribution is 2.32. The lowest BCUT2D eigenvalue weighted by molar-refractivity contribution is -0.119. The summed E-state index contributed by atoms with van der Waals surface area (Å²) in [6.07, 6.45) is 0.248. The van der Waals surface area contributed by atoms with Crippen LogP contribution in [0, 0.1) is 11.3 Å². The molecule has 2 heterocycles. The number of carbonyl (C=O) groups excluding carboxylic acids is 2. The van der Waals surface area contributed by atoms with Gasteiger partial charge in [0.25, 0.3) is 0 Å². The molecule has 24 heavy (non-hydrogen) atoms. The molecule has 3 amide bonds. The summed E-state index contributed by atoms with van der Waals surface area (Å²) in [5, 5.41) is 2.80. The van der Waals surface area contributed by atoms with Gasteiger partial charge in [-0.1, -0.05) is 13.8 Å². The van der Waals surface area contributed by atoms with Gasteiger partial charge in [-0.25, -0.2) is 13.2 Å². The maximum absolute atomic E-state index is 12.7. The fourth-order valence-corrected chi connectivity index (χ4v) is 5.29. The standard InChI is InChI=1S/C15H28N4O4S/c1-12(2)8-24(22,23)19-6-5-18(14(21)17(3)4)10-15(11-19)7-13(20)16-9-15/h12H,5-11H2,1-4H3,(H,16,20). The quantitative estimate of drug-likeness (QED) is 0.753. The molecule has 0 aromatic heterocycles. The molecule has 0 bridgehead atoms. The van der Waals surface area contributed by atoms with E-state index in [1.807, 2.05) is 13.8 Å². The van der Waals surface area contributed by atoms with Crippen molar-refractivity contribution in [2.45, 2.75) is 20.3 Å². The zero-order valence-corrected chi connectivity index (χ0v) is 15.7. The Morgan fingerprint density at radius 3 is 2.46 bits per heavy atom. The van der Waals surface area contributed by atoms with E-state index in [4.69, 9.17) is 0 Å². The summed E-state index contributed by atoms with van der Waals surface area (Å²) in [5.41, 5.74) is -0.552. The van der Waals surface area contributed by atoms with Crippen molar-refractivity contribution in [3.05, 3.63) is 0 Å². The third-order valence-electron chi connectivity index (χ3n) is 4.44. The Hall–Kier alpha value is -1.35. The van der Waals surface area contributed by atoms with Crippen LogP contribution in [0.4, 0.5) is 4.79 Å². The van der Waals surface area contributed by atoms with Gasteiger partial charge in [0.1, 0.15) is 0 Å². The predicted octanol–water partition coefficient (Wildman–Crippen LogP) is -0.222. The van der Waals surface area contributed by atoms with Gasteiger partial charge in [-0.3, -0.25) is 4.79 Å². The summed E-state index contributed by atoms with van der Waals surface area (Å²) < 4.78 is 26.8. The monoisotopic (exact) mass is 360 g/mol. The number of nitrogens with zero attached hydrogens (tertiary/aromatic N) is 3. The van der Waals surface area contributed by atoms with Crippen LogP contribution in [0.3, 0.4) is 0 Å². The van der Waals surface area contributed by atoms with Crippen molar-refractivity contribution < 1.29 is 18.0 Å². The highest BCUT2D eigenvalue weighted by molar-refractivity contribution is 7.89. The van der Waals surface area contributed by atoms with Crippen molar-refractivity contribution in [3.8, 4) is 0 Å². The third kappa shape index (κ3) is 4.18. The molecule has 9 heteroatoms. The maximum atomic E-state index is 12.7. The van der Waals surface area contributed by atoms with Crippen LogP contribution in [-0.2, 0) is 14.8 Å². The number of hydrogen-bond donors (Lipinski definition) is 1. The SMILES string of the molecule is CC(C)CS(=O)(=O)N1CCN(C(=O)N(C)C)CC2(CNC(=O)C2)C1. The zero-order chi connectivity index (χ0) is 18.1. The van der Waals surface area contributed by atoms with Gasteiger partial charge in [-0.2, -0.15) is 4.31 Å². The average Bonchev–Trinajstić information content (AvgIpc) is 2.68. The average molecular weight is 360 g/mol. The van der Waals surface area contributed by atoms with E-state index in [9.17, 15) is 18.0 Å². The summed E-state index contributed by atoms with van der Waals surface area (Å²) in [4.78, 5) is 27.3. The van der Waals surface area contributed by atoms with Crippen LogP contribution in [0.2, 0.25) is 0 Å². The molecule has 2 rings (SSSR count). The summed E-state index contributed by atoms with van der Waals surface area (Å²) in [6, 6.07) is -0.156. The normalized spacial score (nSPS) is 25.9. The van der Waals surface area contributed by atoms with Crippen LogP contribution in [-0.4, -0.2) is 87.0 Å². The smallest absolute Gasteiger partial charge is 0.319 e. The molecule has 1 spiro atoms. The van der Waals surface area contributed by atoms with E-state index in [2.05, 4.69) is 5.32 Å². The molecule has 138 valence electrons. The van der Waals surface area contributed by atoms with E-state index in [-0.39, 0.29) is 43.1 Å². The molecule has 0 aromatic rings. The Balaban J connectivity index is 2.29. The van der Waals surface area contributed by atoms with Crippen molar-refractivity contribution in [2.24, 2.45) is 11.3 Å². The lowest BCUT2D eigenvalue weighted by atomic mass is 9.86. The van der Waals surface area contributed by atoms with Gasteiger partial charge >= 0.3 is 6.03 Å². The first kappa shape index (κ1) is 19.0. The summed E-state index contributed by atoms with van der Waals surface area (Å²) in [5.74, 6) is 0.0129. The van der Waals surface area contributed by atoms with E-state index >= 15 is 0 Å². The van der Waals surface area contributed by atoms with Crippen molar-refractivity contribution >= 4 is 22.0 Å². The minimum absolute atomic E-state index is 0.0250. The number of nitrogens with one attached hydrogen (secondary N) is 1. The van der Waals surface area contributed by atoms with Crippen molar-refractivity contribution in [3.63, 3.8) is 0 Å². The molecule has 0 aromatic carbocycles. The first-order valence-corrected chi connectivity index (χ1v) is 9.86. The van der Waals surface area contributed by atoms with Gasteiger partial charge in [0.15, 0.2) is 0 Å². The highest BCUT2D eigenvalue weighted by atomic mass is 32.2. The van der Waals surface area contributed by atoms with E-state index in [1.165, 1.54) is 9.21 Å². The van der Waals surface area contributed by atoms with Gasteiger partial charge in [-0.05, 0) is 5.92 Å². The molecule has 2 fully saturated rings. The lowest BCUT2D eigenvalue weighted by Crippen LogP contribution is -2.47. The lowest BCUT2D eigenvalue weighted by Gasteiger charge is -2.33. The summed E-state index contributed by atoms with van der Waals surface area (Å²) >= 11 is 0. The van der Waals surface area contributed by atoms with Crippen LogP contribution in [0.15, 0.2) is 0 Å². The summed E-state index contributed by atoms with van der Waals surface area (Å²) in [6.45, 7) is 5.40. The van der Waals surface area contributed by atoms with Gasteiger partial charge in [0, 0.05) is 58.7 Å². The third-order valence-corrected chi connectivity index (χ3v) is 6.63. The second kappa shape index (κ2) is 6.87. The second-order valence-electron chi connectivity index (χ2n) is 7.56. The topological polar surface area (TPSA) is 90.0 Å². The maximum Gasteiger partial charge on any atom is 0.319 e. The molecule has 0 saturated carbocycles. The van der Waals surface area contributed by atoms with Gasteiger partial charge in [0.05, 0.1) is 5.75 Å². The number of hydrogen-bond acceptors (Lipinski definition) is 4. The summed E-state index contributed by atoms with van der Waals surface area (Å²) in [7, 11) is -0.0698. The predicted molar refractivity (Wildman–Crippen MR) is 90.9 cm³/mol. The molecular formula is C15H28N4O4S. The van der Waals surface area contributed by atoms with E-state index in [0.29, 0.717) is 19.6 Å².